The number of anilines is 1. The van der Waals surface area contributed by atoms with E-state index < -0.39 is 0 Å². The van der Waals surface area contributed by atoms with E-state index in [1.54, 1.807) is 50.5 Å². The summed E-state index contributed by atoms with van der Waals surface area (Å²) in [4.78, 5) is 25.5. The molecule has 0 saturated carbocycles. The molecule has 0 aliphatic rings. The predicted octanol–water partition coefficient (Wildman–Crippen LogP) is 2.64. The Labute approximate surface area is 134 Å². The second-order valence-corrected chi connectivity index (χ2v) is 4.95. The van der Waals surface area contributed by atoms with Crippen LogP contribution < -0.4 is 10.1 Å². The summed E-state index contributed by atoms with van der Waals surface area (Å²) in [5, 5.41) is 2.69. The van der Waals surface area contributed by atoms with Crippen molar-refractivity contribution in [1.82, 2.24) is 4.90 Å². The quantitative estimate of drug-likeness (QED) is 0.861. The molecule has 0 saturated heterocycles. The van der Waals surface area contributed by atoms with Crippen molar-refractivity contribution in [3.63, 3.8) is 0 Å². The van der Waals surface area contributed by atoms with Gasteiger partial charge in [0.15, 0.2) is 0 Å². The van der Waals surface area contributed by atoms with Gasteiger partial charge in [-0.05, 0) is 36.4 Å². The summed E-state index contributed by atoms with van der Waals surface area (Å²) in [6, 6.07) is 8.34. The molecule has 23 heavy (non-hydrogen) atoms. The molecule has 0 fully saturated rings. The molecule has 2 rings (SSSR count). The van der Waals surface area contributed by atoms with Crippen LogP contribution in [0.1, 0.15) is 16.1 Å². The molecule has 6 heteroatoms. The van der Waals surface area contributed by atoms with Crippen LogP contribution in [0.3, 0.4) is 0 Å². The van der Waals surface area contributed by atoms with E-state index in [0.717, 1.165) is 0 Å². The molecular formula is C17H18N2O4. The van der Waals surface area contributed by atoms with Gasteiger partial charge in [0.1, 0.15) is 11.5 Å². The van der Waals surface area contributed by atoms with Crippen molar-refractivity contribution in [2.75, 3.05) is 26.5 Å². The SMILES string of the molecule is COc1ccc(C(=O)N(C)C)cc1NC(=O)/C=C/c1ccco1. The van der Waals surface area contributed by atoms with Crippen LogP contribution in [0, 0.1) is 0 Å². The number of carbonyl (C=O) groups excluding carboxylic acids is 2. The molecule has 0 aliphatic carbocycles. The van der Waals surface area contributed by atoms with Gasteiger partial charge >= 0.3 is 0 Å². The first kappa shape index (κ1) is 16.4. The zero-order chi connectivity index (χ0) is 16.8. The number of nitrogens with one attached hydrogen (secondary N) is 1. The van der Waals surface area contributed by atoms with Gasteiger partial charge < -0.3 is 19.4 Å². The lowest BCUT2D eigenvalue weighted by Gasteiger charge is -2.13. The highest BCUT2D eigenvalue weighted by atomic mass is 16.5. The summed E-state index contributed by atoms with van der Waals surface area (Å²) < 4.78 is 10.3. The summed E-state index contributed by atoms with van der Waals surface area (Å²) in [6.45, 7) is 0. The highest BCUT2D eigenvalue weighted by Crippen LogP contribution is 2.26. The summed E-state index contributed by atoms with van der Waals surface area (Å²) in [5.74, 6) is 0.534. The molecule has 0 atom stereocenters. The fourth-order valence-corrected chi connectivity index (χ4v) is 1.92. The Kier molecular flexibility index (Phi) is 5.19. The van der Waals surface area contributed by atoms with Crippen LogP contribution >= 0.6 is 0 Å². The van der Waals surface area contributed by atoms with Crippen LogP contribution in [0.2, 0.25) is 0 Å². The number of furan rings is 1. The third-order valence-electron chi connectivity index (χ3n) is 3.05. The van der Waals surface area contributed by atoms with Gasteiger partial charge in [-0.25, -0.2) is 0 Å². The third kappa shape index (κ3) is 4.23. The normalized spacial score (nSPS) is 10.6. The van der Waals surface area contributed by atoms with Crippen molar-refractivity contribution >= 4 is 23.6 Å². The topological polar surface area (TPSA) is 71.8 Å². The number of hydrogen-bond acceptors (Lipinski definition) is 4. The molecule has 1 aromatic heterocycles. The second-order valence-electron chi connectivity index (χ2n) is 4.95. The van der Waals surface area contributed by atoms with Crippen LogP contribution in [-0.4, -0.2) is 37.9 Å². The molecule has 1 heterocycles. The maximum Gasteiger partial charge on any atom is 0.253 e. The Morgan fingerprint density at radius 2 is 2.04 bits per heavy atom. The van der Waals surface area contributed by atoms with Crippen molar-refractivity contribution < 1.29 is 18.7 Å². The number of nitrogens with zero attached hydrogens (tertiary/aromatic N) is 1. The van der Waals surface area contributed by atoms with Crippen LogP contribution in [0.25, 0.3) is 6.08 Å². The maximum atomic E-state index is 12.0. The fourth-order valence-electron chi connectivity index (χ4n) is 1.92. The minimum atomic E-state index is -0.353. The number of ether oxygens (including phenoxy) is 1. The molecule has 2 amide bonds. The number of methoxy groups -OCH3 is 1. The highest BCUT2D eigenvalue weighted by molar-refractivity contribution is 6.04. The van der Waals surface area contributed by atoms with Gasteiger partial charge in [-0.3, -0.25) is 9.59 Å². The van der Waals surface area contributed by atoms with Crippen LogP contribution in [-0.2, 0) is 4.79 Å². The molecule has 2 aromatic rings. The number of amides is 2. The number of hydrogen-bond donors (Lipinski definition) is 1. The first-order valence-electron chi connectivity index (χ1n) is 6.93. The number of benzene rings is 1. The summed E-state index contributed by atoms with van der Waals surface area (Å²) in [7, 11) is 4.82. The summed E-state index contributed by atoms with van der Waals surface area (Å²) >= 11 is 0. The largest absolute Gasteiger partial charge is 0.495 e. The standard InChI is InChI=1S/C17H18N2O4/c1-19(2)17(21)12-6-8-15(22-3)14(11-12)18-16(20)9-7-13-5-4-10-23-13/h4-11H,1-3H3,(H,18,20)/b9-7+. The molecule has 1 N–H and O–H groups in total. The van der Waals surface area contributed by atoms with Crippen molar-refractivity contribution in [3.05, 3.63) is 54.0 Å². The zero-order valence-electron chi connectivity index (χ0n) is 13.2. The lowest BCUT2D eigenvalue weighted by molar-refractivity contribution is -0.111. The predicted molar refractivity (Wildman–Crippen MR) is 87.4 cm³/mol. The molecule has 0 bridgehead atoms. The van der Waals surface area contributed by atoms with Gasteiger partial charge in [0.2, 0.25) is 5.91 Å². The van der Waals surface area contributed by atoms with Gasteiger partial charge in [0, 0.05) is 25.7 Å². The molecule has 0 aliphatic heterocycles. The van der Waals surface area contributed by atoms with E-state index >= 15 is 0 Å². The fraction of sp³-hybridized carbons (Fsp3) is 0.176. The zero-order valence-corrected chi connectivity index (χ0v) is 13.2. The lowest BCUT2D eigenvalue weighted by atomic mass is 10.1. The average Bonchev–Trinajstić information content (AvgIpc) is 3.05. The van der Waals surface area contributed by atoms with Crippen molar-refractivity contribution in [2.24, 2.45) is 0 Å². The second kappa shape index (κ2) is 7.31. The molecule has 120 valence electrons. The smallest absolute Gasteiger partial charge is 0.253 e. The molecule has 0 spiro atoms. The Hall–Kier alpha value is -3.02. The van der Waals surface area contributed by atoms with Gasteiger partial charge in [-0.15, -0.1) is 0 Å². The van der Waals surface area contributed by atoms with Crippen molar-refractivity contribution in [1.29, 1.82) is 0 Å². The van der Waals surface area contributed by atoms with Crippen LogP contribution in [0.4, 0.5) is 5.69 Å². The van der Waals surface area contributed by atoms with Gasteiger partial charge in [0.05, 0.1) is 19.1 Å². The minimum Gasteiger partial charge on any atom is -0.495 e. The van der Waals surface area contributed by atoms with Gasteiger partial charge in [-0.2, -0.15) is 0 Å². The van der Waals surface area contributed by atoms with Crippen LogP contribution in [0.15, 0.2) is 47.1 Å². The molecule has 0 radical (unpaired) electrons. The molecule has 1 aromatic carbocycles. The van der Waals surface area contributed by atoms with E-state index in [-0.39, 0.29) is 11.8 Å². The summed E-state index contributed by atoms with van der Waals surface area (Å²) in [5.41, 5.74) is 0.885. The van der Waals surface area contributed by atoms with E-state index in [0.29, 0.717) is 22.8 Å². The van der Waals surface area contributed by atoms with Gasteiger partial charge in [0.25, 0.3) is 5.91 Å². The van der Waals surface area contributed by atoms with Crippen LogP contribution in [0.5, 0.6) is 5.75 Å². The maximum absolute atomic E-state index is 12.0. The number of rotatable bonds is 5. The van der Waals surface area contributed by atoms with E-state index in [4.69, 9.17) is 9.15 Å². The third-order valence-corrected chi connectivity index (χ3v) is 3.05. The Balaban J connectivity index is 2.18. The summed E-state index contributed by atoms with van der Waals surface area (Å²) in [6.07, 6.45) is 4.42. The Morgan fingerprint density at radius 1 is 1.26 bits per heavy atom. The molecule has 0 unspecified atom stereocenters. The van der Waals surface area contributed by atoms with E-state index in [1.807, 2.05) is 0 Å². The monoisotopic (exact) mass is 314 g/mol. The van der Waals surface area contributed by atoms with Gasteiger partial charge in [-0.1, -0.05) is 0 Å². The lowest BCUT2D eigenvalue weighted by Crippen LogP contribution is -2.22. The van der Waals surface area contributed by atoms with E-state index in [2.05, 4.69) is 5.32 Å². The Morgan fingerprint density at radius 3 is 2.65 bits per heavy atom. The average molecular weight is 314 g/mol. The van der Waals surface area contributed by atoms with Crippen molar-refractivity contribution in [3.8, 4) is 5.75 Å². The van der Waals surface area contributed by atoms with E-state index in [1.165, 1.54) is 24.3 Å². The Bertz CT molecular complexity index is 718. The molecular weight excluding hydrogens is 296 g/mol. The van der Waals surface area contributed by atoms with E-state index in [9.17, 15) is 9.59 Å². The molecule has 6 nitrogen and oxygen atoms in total. The van der Waals surface area contributed by atoms with Crippen molar-refractivity contribution in [2.45, 2.75) is 0 Å². The number of carbonyl (C=O) groups is 2. The highest BCUT2D eigenvalue weighted by Gasteiger charge is 2.13. The first-order valence-corrected chi connectivity index (χ1v) is 6.93. The minimum absolute atomic E-state index is 0.158. The first-order chi connectivity index (χ1) is 11.0.